The molecule has 3 amide bonds. The van der Waals surface area contributed by atoms with E-state index in [0.29, 0.717) is 18.7 Å². The molecule has 3 rings (SSSR count). The van der Waals surface area contributed by atoms with Gasteiger partial charge in [0.05, 0.1) is 29.2 Å². The van der Waals surface area contributed by atoms with Gasteiger partial charge in [0, 0.05) is 39.7 Å². The molecule has 12 heteroatoms. The Balaban J connectivity index is 1.96. The fraction of sp³-hybridized carbons (Fsp3) is 0.481. The van der Waals surface area contributed by atoms with E-state index in [-0.39, 0.29) is 37.6 Å². The van der Waals surface area contributed by atoms with Gasteiger partial charge in [0.1, 0.15) is 0 Å². The van der Waals surface area contributed by atoms with E-state index >= 15 is 0 Å². The van der Waals surface area contributed by atoms with Crippen molar-refractivity contribution in [2.75, 3.05) is 40.4 Å². The molecule has 1 aliphatic rings. The van der Waals surface area contributed by atoms with Gasteiger partial charge >= 0.3 is 18.4 Å². The number of carbonyl (C=O) groups is 2. The quantitative estimate of drug-likeness (QED) is 0.371. The number of likely N-dealkylation sites (N-methyl/N-ethyl adjacent to an activating group) is 1. The minimum absolute atomic E-state index is 0.0379. The van der Waals surface area contributed by atoms with Crippen molar-refractivity contribution in [2.24, 2.45) is 0 Å². The normalized spacial score (nSPS) is 18.3. The Bertz CT molecular complexity index is 1140. The van der Waals surface area contributed by atoms with Crippen LogP contribution in [0.3, 0.4) is 0 Å². The summed E-state index contributed by atoms with van der Waals surface area (Å²) in [5, 5.41) is 2.73. The molecule has 1 heterocycles. The number of urea groups is 1. The van der Waals surface area contributed by atoms with Crippen molar-refractivity contribution in [2.45, 2.75) is 43.6 Å². The van der Waals surface area contributed by atoms with Crippen LogP contribution in [0.1, 0.15) is 42.0 Å². The topological polar surface area (TPSA) is 61.9 Å². The molecule has 1 aliphatic heterocycles. The summed E-state index contributed by atoms with van der Waals surface area (Å²) >= 11 is 0. The predicted octanol–water partition coefficient (Wildman–Crippen LogP) is 5.28. The number of hydrogen-bond donors (Lipinski definition) is 1. The van der Waals surface area contributed by atoms with Gasteiger partial charge in [-0.2, -0.15) is 26.3 Å². The first kappa shape index (κ1) is 30.3. The highest BCUT2D eigenvalue weighted by molar-refractivity contribution is 5.88. The van der Waals surface area contributed by atoms with Gasteiger partial charge in [0.2, 0.25) is 5.91 Å². The fourth-order valence-corrected chi connectivity index (χ4v) is 4.78. The Labute approximate surface area is 222 Å². The molecule has 0 saturated carbocycles. The largest absolute Gasteiger partial charge is 0.416 e. The molecule has 214 valence electrons. The number of hydrogen-bond acceptors (Lipinski definition) is 3. The first-order chi connectivity index (χ1) is 18.1. The van der Waals surface area contributed by atoms with E-state index in [1.807, 2.05) is 18.2 Å². The van der Waals surface area contributed by atoms with Gasteiger partial charge in [0.15, 0.2) is 0 Å². The van der Waals surface area contributed by atoms with E-state index in [1.54, 1.807) is 12.1 Å². The standard InChI is InChI=1S/C27H31F6N3O3/c1-25(2,18-12-19(26(28,29)30)14-20(13-18)27(31,32)33)23(37)35(3)22-16-36(24(38)34-10-11-39-4)15-21(22)17-8-6-5-7-9-17/h5-9,12-14,21-22H,10-11,15-16H2,1-4H3,(H,34,38). The van der Waals surface area contributed by atoms with Crippen LogP contribution in [0.5, 0.6) is 0 Å². The molecule has 0 radical (unpaired) electrons. The number of methoxy groups -OCH3 is 1. The molecule has 2 aromatic rings. The Kier molecular flexibility index (Phi) is 8.88. The van der Waals surface area contributed by atoms with Crippen molar-refractivity contribution in [3.8, 4) is 0 Å². The Morgan fingerprint density at radius 1 is 0.949 bits per heavy atom. The van der Waals surface area contributed by atoms with Crippen molar-refractivity contribution in [3.05, 3.63) is 70.8 Å². The molecule has 1 N–H and O–H groups in total. The van der Waals surface area contributed by atoms with Crippen LogP contribution in [0.15, 0.2) is 48.5 Å². The lowest BCUT2D eigenvalue weighted by Gasteiger charge is -2.36. The molecule has 2 atom stereocenters. The minimum Gasteiger partial charge on any atom is -0.383 e. The third kappa shape index (κ3) is 6.84. The Morgan fingerprint density at radius 3 is 2.00 bits per heavy atom. The first-order valence-corrected chi connectivity index (χ1v) is 12.2. The van der Waals surface area contributed by atoms with E-state index in [2.05, 4.69) is 5.32 Å². The number of halogens is 6. The molecule has 0 spiro atoms. The van der Waals surface area contributed by atoms with Crippen LogP contribution in [-0.2, 0) is 27.3 Å². The maximum Gasteiger partial charge on any atom is 0.416 e. The summed E-state index contributed by atoms with van der Waals surface area (Å²) in [6.07, 6.45) is -10.1. The van der Waals surface area contributed by atoms with E-state index in [1.165, 1.54) is 37.8 Å². The minimum atomic E-state index is -5.04. The van der Waals surface area contributed by atoms with E-state index < -0.39 is 46.4 Å². The van der Waals surface area contributed by atoms with Crippen molar-refractivity contribution < 1.29 is 40.7 Å². The summed E-state index contributed by atoms with van der Waals surface area (Å²) in [5.41, 5.74) is -4.29. The highest BCUT2D eigenvalue weighted by atomic mass is 19.4. The highest BCUT2D eigenvalue weighted by Crippen LogP contribution is 2.40. The predicted molar refractivity (Wildman–Crippen MR) is 132 cm³/mol. The number of amides is 3. The van der Waals surface area contributed by atoms with Crippen LogP contribution in [0, 0.1) is 0 Å². The highest BCUT2D eigenvalue weighted by Gasteiger charge is 2.45. The number of alkyl halides is 6. The second-order valence-electron chi connectivity index (χ2n) is 10.0. The number of nitrogens with one attached hydrogen (secondary N) is 1. The smallest absolute Gasteiger partial charge is 0.383 e. The summed E-state index contributed by atoms with van der Waals surface area (Å²) in [4.78, 5) is 29.4. The van der Waals surface area contributed by atoms with Gasteiger partial charge in [-0.05, 0) is 43.2 Å². The van der Waals surface area contributed by atoms with Crippen molar-refractivity contribution >= 4 is 11.9 Å². The van der Waals surface area contributed by atoms with Gasteiger partial charge in [-0.1, -0.05) is 30.3 Å². The van der Waals surface area contributed by atoms with Crippen LogP contribution >= 0.6 is 0 Å². The Morgan fingerprint density at radius 2 is 1.49 bits per heavy atom. The molecule has 6 nitrogen and oxygen atoms in total. The van der Waals surface area contributed by atoms with E-state index in [9.17, 15) is 35.9 Å². The van der Waals surface area contributed by atoms with Gasteiger partial charge < -0.3 is 19.9 Å². The average Bonchev–Trinajstić information content (AvgIpc) is 3.33. The number of ether oxygens (including phenoxy) is 1. The number of carbonyl (C=O) groups excluding carboxylic acids is 2. The molecule has 1 saturated heterocycles. The summed E-state index contributed by atoms with van der Waals surface area (Å²) < 4.78 is 85.9. The van der Waals surface area contributed by atoms with Crippen LogP contribution in [-0.4, -0.2) is 68.2 Å². The molecular formula is C27H31F6N3O3. The summed E-state index contributed by atoms with van der Waals surface area (Å²) in [6.45, 7) is 3.53. The van der Waals surface area contributed by atoms with Gasteiger partial charge in [-0.25, -0.2) is 4.79 Å². The van der Waals surface area contributed by atoms with Gasteiger partial charge in [-0.3, -0.25) is 4.79 Å². The van der Waals surface area contributed by atoms with Crippen molar-refractivity contribution in [1.29, 1.82) is 0 Å². The van der Waals surface area contributed by atoms with E-state index in [4.69, 9.17) is 4.74 Å². The third-order valence-electron chi connectivity index (χ3n) is 7.05. The first-order valence-electron chi connectivity index (χ1n) is 12.2. The third-order valence-corrected chi connectivity index (χ3v) is 7.05. The number of likely N-dealkylation sites (tertiary alicyclic amines) is 1. The monoisotopic (exact) mass is 559 g/mol. The van der Waals surface area contributed by atoms with Crippen LogP contribution in [0.25, 0.3) is 0 Å². The molecule has 2 unspecified atom stereocenters. The number of nitrogens with zero attached hydrogens (tertiary/aromatic N) is 2. The second kappa shape index (κ2) is 11.4. The maximum absolute atomic E-state index is 13.8. The molecule has 39 heavy (non-hydrogen) atoms. The van der Waals surface area contributed by atoms with Crippen LogP contribution < -0.4 is 5.32 Å². The summed E-state index contributed by atoms with van der Waals surface area (Å²) in [7, 11) is 2.95. The lowest BCUT2D eigenvalue weighted by molar-refractivity contribution is -0.144. The zero-order valence-corrected chi connectivity index (χ0v) is 22.0. The lowest BCUT2D eigenvalue weighted by Crippen LogP contribution is -2.49. The molecule has 1 fully saturated rings. The number of benzene rings is 2. The lowest BCUT2D eigenvalue weighted by atomic mass is 9.80. The average molecular weight is 560 g/mol. The van der Waals surface area contributed by atoms with Crippen LogP contribution in [0.4, 0.5) is 31.1 Å². The molecule has 0 aliphatic carbocycles. The molecule has 0 aromatic heterocycles. The summed E-state index contributed by atoms with van der Waals surface area (Å²) in [5.74, 6) is -1.01. The molecular weight excluding hydrogens is 528 g/mol. The molecule has 2 aromatic carbocycles. The second-order valence-corrected chi connectivity index (χ2v) is 10.0. The van der Waals surface area contributed by atoms with Crippen molar-refractivity contribution in [3.63, 3.8) is 0 Å². The van der Waals surface area contributed by atoms with Gasteiger partial charge in [-0.15, -0.1) is 0 Å². The van der Waals surface area contributed by atoms with Crippen molar-refractivity contribution in [1.82, 2.24) is 15.1 Å². The maximum atomic E-state index is 13.8. The fourth-order valence-electron chi connectivity index (χ4n) is 4.78. The molecule has 0 bridgehead atoms. The summed E-state index contributed by atoms with van der Waals surface area (Å²) in [6, 6.07) is 9.36. The van der Waals surface area contributed by atoms with Gasteiger partial charge in [0.25, 0.3) is 0 Å². The number of rotatable bonds is 7. The van der Waals surface area contributed by atoms with E-state index in [0.717, 1.165) is 5.56 Å². The van der Waals surface area contributed by atoms with Crippen LogP contribution in [0.2, 0.25) is 0 Å². The zero-order valence-electron chi connectivity index (χ0n) is 22.0. The SMILES string of the molecule is COCCNC(=O)N1CC(c2ccccc2)C(N(C)C(=O)C(C)(C)c2cc(C(F)(F)F)cc(C(F)(F)F)c2)C1. The zero-order chi connectivity index (χ0) is 29.2. The Hall–Kier alpha value is -3.28.